The molecule has 43 heavy (non-hydrogen) atoms. The minimum atomic E-state index is -6.42. The van der Waals surface area contributed by atoms with Crippen LogP contribution < -0.4 is 14.2 Å². The van der Waals surface area contributed by atoms with Crippen molar-refractivity contribution in [3.63, 3.8) is 0 Å². The molecule has 2 aromatic rings. The van der Waals surface area contributed by atoms with Crippen molar-refractivity contribution in [2.45, 2.75) is 56.7 Å². The van der Waals surface area contributed by atoms with Crippen molar-refractivity contribution in [3.8, 4) is 17.2 Å². The van der Waals surface area contributed by atoms with Gasteiger partial charge in [-0.25, -0.2) is 9.59 Å². The van der Waals surface area contributed by atoms with E-state index in [1.807, 2.05) is 0 Å². The standard InChI is InChI=1S/C28H32F7NO7/c1-3-41-23(24(37)38)18-19-6-8-21(9-7-19)42-17-16-36(25(39)43-22-12-10-20(40-2)11-13-22)15-5-4-14-26(29,30)27(31,32)28(33,34)35/h6-13,23H,3-5,14-18H2,1-2H3,(H,37,38). The third kappa shape index (κ3) is 10.5. The molecule has 1 unspecified atom stereocenters. The highest BCUT2D eigenvalue weighted by atomic mass is 19.4. The Balaban J connectivity index is 2.01. The molecule has 2 rings (SSSR count). The molecular weight excluding hydrogens is 595 g/mol. The maximum atomic E-state index is 13.7. The smallest absolute Gasteiger partial charge is 0.459 e. The number of carboxylic acid groups (broad SMARTS) is 1. The highest BCUT2D eigenvalue weighted by Crippen LogP contribution is 2.48. The van der Waals surface area contributed by atoms with Crippen LogP contribution in [-0.4, -0.2) is 79.6 Å². The molecule has 0 spiro atoms. The Labute approximate surface area is 243 Å². The van der Waals surface area contributed by atoms with E-state index in [0.29, 0.717) is 17.1 Å². The molecule has 2 aromatic carbocycles. The molecule has 0 aliphatic carbocycles. The van der Waals surface area contributed by atoms with Crippen LogP contribution in [0.2, 0.25) is 0 Å². The lowest BCUT2D eigenvalue weighted by Crippen LogP contribution is -2.51. The summed E-state index contributed by atoms with van der Waals surface area (Å²) in [5, 5.41) is 9.22. The number of halogens is 7. The van der Waals surface area contributed by atoms with E-state index < -0.39 is 49.0 Å². The predicted molar refractivity (Wildman–Crippen MR) is 139 cm³/mol. The first-order valence-corrected chi connectivity index (χ1v) is 13.1. The van der Waals surface area contributed by atoms with E-state index in [2.05, 4.69) is 0 Å². The summed E-state index contributed by atoms with van der Waals surface area (Å²) >= 11 is 0. The molecule has 1 atom stereocenters. The first-order valence-electron chi connectivity index (χ1n) is 13.1. The van der Waals surface area contributed by atoms with Crippen molar-refractivity contribution >= 4 is 12.1 Å². The van der Waals surface area contributed by atoms with Gasteiger partial charge in [-0.1, -0.05) is 12.1 Å². The molecule has 0 bridgehead atoms. The summed E-state index contributed by atoms with van der Waals surface area (Å²) in [6.07, 6.45) is -11.1. The van der Waals surface area contributed by atoms with E-state index in [9.17, 15) is 45.4 Å². The average Bonchev–Trinajstić information content (AvgIpc) is 2.94. The highest BCUT2D eigenvalue weighted by molar-refractivity contribution is 5.72. The number of hydrogen-bond donors (Lipinski definition) is 1. The number of benzene rings is 2. The van der Waals surface area contributed by atoms with Crippen molar-refractivity contribution in [2.24, 2.45) is 0 Å². The zero-order valence-electron chi connectivity index (χ0n) is 23.3. The highest BCUT2D eigenvalue weighted by Gasteiger charge is 2.72. The zero-order chi connectivity index (χ0) is 32.3. The van der Waals surface area contributed by atoms with Crippen molar-refractivity contribution in [1.82, 2.24) is 4.90 Å². The van der Waals surface area contributed by atoms with Gasteiger partial charge in [-0.3, -0.25) is 0 Å². The number of unbranched alkanes of at least 4 members (excludes halogenated alkanes) is 1. The van der Waals surface area contributed by atoms with Gasteiger partial charge < -0.3 is 29.0 Å². The van der Waals surface area contributed by atoms with Gasteiger partial charge in [0.25, 0.3) is 0 Å². The number of carbonyl (C=O) groups is 2. The Morgan fingerprint density at radius 3 is 1.98 bits per heavy atom. The number of methoxy groups -OCH3 is 1. The van der Waals surface area contributed by atoms with Crippen LogP contribution >= 0.6 is 0 Å². The molecule has 1 N–H and O–H groups in total. The summed E-state index contributed by atoms with van der Waals surface area (Å²) in [6, 6.07) is 12.2. The molecule has 0 fully saturated rings. The van der Waals surface area contributed by atoms with Gasteiger partial charge in [-0.2, -0.15) is 30.7 Å². The quantitative estimate of drug-likeness (QED) is 0.156. The Morgan fingerprint density at radius 2 is 1.44 bits per heavy atom. The molecule has 0 saturated carbocycles. The molecule has 15 heteroatoms. The number of alkyl halides is 7. The molecular formula is C28H32F7NO7. The second-order valence-corrected chi connectivity index (χ2v) is 9.24. The molecule has 8 nitrogen and oxygen atoms in total. The van der Waals surface area contributed by atoms with Gasteiger partial charge in [0.05, 0.1) is 13.7 Å². The zero-order valence-corrected chi connectivity index (χ0v) is 23.3. The first kappa shape index (κ1) is 35.4. The van der Waals surface area contributed by atoms with Crippen LogP contribution in [0.15, 0.2) is 48.5 Å². The van der Waals surface area contributed by atoms with Crippen LogP contribution in [0.25, 0.3) is 0 Å². The molecule has 0 aliphatic rings. The molecule has 0 heterocycles. The second kappa shape index (κ2) is 15.6. The van der Waals surface area contributed by atoms with Crippen molar-refractivity contribution in [2.75, 3.05) is 33.4 Å². The number of amides is 1. The summed E-state index contributed by atoms with van der Waals surface area (Å²) in [7, 11) is 1.43. The van der Waals surface area contributed by atoms with Crippen LogP contribution in [0.4, 0.5) is 35.5 Å². The number of rotatable bonds is 17. The lowest BCUT2D eigenvalue weighted by atomic mass is 10.0. The van der Waals surface area contributed by atoms with E-state index in [4.69, 9.17) is 18.9 Å². The second-order valence-electron chi connectivity index (χ2n) is 9.24. The summed E-state index contributed by atoms with van der Waals surface area (Å²) < 4.78 is 112. The maximum Gasteiger partial charge on any atom is 0.459 e. The average molecular weight is 628 g/mol. The largest absolute Gasteiger partial charge is 0.497 e. The van der Waals surface area contributed by atoms with E-state index in [1.165, 1.54) is 31.4 Å². The Bertz CT molecular complexity index is 1160. The van der Waals surface area contributed by atoms with Gasteiger partial charge in [0.1, 0.15) is 23.9 Å². The van der Waals surface area contributed by atoms with Crippen LogP contribution in [-0.2, 0) is 16.0 Å². The normalized spacial score (nSPS) is 12.9. The minimum Gasteiger partial charge on any atom is -0.497 e. The molecule has 0 saturated heterocycles. The van der Waals surface area contributed by atoms with Crippen molar-refractivity contribution in [3.05, 3.63) is 54.1 Å². The van der Waals surface area contributed by atoms with Gasteiger partial charge in [0, 0.05) is 26.0 Å². The lowest BCUT2D eigenvalue weighted by molar-refractivity contribution is -0.355. The van der Waals surface area contributed by atoms with Gasteiger partial charge >= 0.3 is 30.1 Å². The minimum absolute atomic E-state index is 0.107. The van der Waals surface area contributed by atoms with E-state index >= 15 is 0 Å². The molecule has 0 aromatic heterocycles. The van der Waals surface area contributed by atoms with Gasteiger partial charge in [-0.15, -0.1) is 0 Å². The van der Waals surface area contributed by atoms with Gasteiger partial charge in [-0.05, 0) is 61.7 Å². The lowest BCUT2D eigenvalue weighted by Gasteiger charge is -2.28. The molecule has 240 valence electrons. The Hall–Kier alpha value is -3.75. The fourth-order valence-corrected chi connectivity index (χ4v) is 3.75. The fourth-order valence-electron chi connectivity index (χ4n) is 3.75. The monoisotopic (exact) mass is 627 g/mol. The summed E-state index contributed by atoms with van der Waals surface area (Å²) in [5.41, 5.74) is 0.658. The van der Waals surface area contributed by atoms with Crippen LogP contribution in [0.1, 0.15) is 31.7 Å². The number of carboxylic acids is 1. The van der Waals surface area contributed by atoms with E-state index in [-0.39, 0.29) is 44.9 Å². The number of aliphatic carboxylic acids is 1. The molecule has 0 aliphatic heterocycles. The SMILES string of the molecule is CCOC(Cc1ccc(OCCN(CCCCC(F)(F)C(F)(F)C(F)(F)F)C(=O)Oc2ccc(OC)cc2)cc1)C(=O)O. The third-order valence-electron chi connectivity index (χ3n) is 6.12. The fraction of sp³-hybridized carbons (Fsp3) is 0.500. The summed E-state index contributed by atoms with van der Waals surface area (Å²) in [5.74, 6) is -11.7. The maximum absolute atomic E-state index is 13.7. The number of nitrogens with zero attached hydrogens (tertiary/aromatic N) is 1. The van der Waals surface area contributed by atoms with E-state index in [1.54, 1.807) is 31.2 Å². The van der Waals surface area contributed by atoms with E-state index in [0.717, 1.165) is 4.90 Å². The summed E-state index contributed by atoms with van der Waals surface area (Å²) in [6.45, 7) is 1.30. The van der Waals surface area contributed by atoms with Crippen LogP contribution in [0.3, 0.4) is 0 Å². The van der Waals surface area contributed by atoms with Crippen LogP contribution in [0, 0.1) is 0 Å². The van der Waals surface area contributed by atoms with Crippen molar-refractivity contribution < 1.29 is 64.4 Å². The Kier molecular flexibility index (Phi) is 12.9. The number of ether oxygens (including phenoxy) is 4. The summed E-state index contributed by atoms with van der Waals surface area (Å²) in [4.78, 5) is 25.1. The number of carbonyl (C=O) groups excluding carboxylic acids is 1. The first-order chi connectivity index (χ1) is 20.1. The van der Waals surface area contributed by atoms with Crippen molar-refractivity contribution in [1.29, 1.82) is 0 Å². The number of hydrogen-bond acceptors (Lipinski definition) is 6. The topological polar surface area (TPSA) is 94.5 Å². The van der Waals surface area contributed by atoms with Gasteiger partial charge in [0.15, 0.2) is 6.10 Å². The Morgan fingerprint density at radius 1 is 0.860 bits per heavy atom. The van der Waals surface area contributed by atoms with Crippen LogP contribution in [0.5, 0.6) is 17.2 Å². The third-order valence-corrected chi connectivity index (χ3v) is 6.12. The molecule has 1 amide bonds. The molecule has 0 radical (unpaired) electrons. The van der Waals surface area contributed by atoms with Gasteiger partial charge in [0.2, 0.25) is 0 Å². The predicted octanol–water partition coefficient (Wildman–Crippen LogP) is 6.61.